The second kappa shape index (κ2) is 8.83. The summed E-state index contributed by atoms with van der Waals surface area (Å²) in [7, 11) is 0. The van der Waals surface area contributed by atoms with Crippen molar-refractivity contribution >= 4 is 17.9 Å². The Morgan fingerprint density at radius 3 is 2.55 bits per heavy atom. The number of nitrogens with zero attached hydrogens (tertiary/aromatic N) is 1. The number of anilines is 1. The van der Waals surface area contributed by atoms with Crippen molar-refractivity contribution in [3.05, 3.63) is 105 Å². The van der Waals surface area contributed by atoms with Crippen LogP contribution in [0.4, 0.5) is 5.69 Å². The predicted molar refractivity (Wildman–Crippen MR) is 187 cm³/mol. The fraction of sp³-hybridized carbons (Fsp3) is 0.476. The van der Waals surface area contributed by atoms with Crippen LogP contribution in [0, 0.1) is 41.9 Å². The van der Waals surface area contributed by atoms with Crippen molar-refractivity contribution in [1.29, 1.82) is 0 Å². The molecule has 2 aromatic rings. The fourth-order valence-corrected chi connectivity index (χ4v) is 11.3. The summed E-state index contributed by atoms with van der Waals surface area (Å²) in [5, 5.41) is 0. The molecule has 1 saturated carbocycles. The number of aryl methyl sites for hydroxylation is 2. The van der Waals surface area contributed by atoms with Crippen LogP contribution in [0.2, 0.25) is 5.82 Å². The minimum Gasteiger partial charge on any atom is -0.315 e. The summed E-state index contributed by atoms with van der Waals surface area (Å²) in [6, 6.07) is 14.4. The Balaban J connectivity index is 1.33. The lowest BCUT2D eigenvalue weighted by Gasteiger charge is -2.51. The monoisotopic (exact) mass is 577 g/mol. The van der Waals surface area contributed by atoms with Crippen LogP contribution in [-0.4, -0.2) is 6.71 Å². The van der Waals surface area contributed by atoms with Gasteiger partial charge in [0.15, 0.2) is 0 Å². The van der Waals surface area contributed by atoms with Gasteiger partial charge in [-0.2, -0.15) is 0 Å². The molecule has 0 bridgehead atoms. The molecule has 9 rings (SSSR count). The molecule has 0 aromatic heterocycles. The van der Waals surface area contributed by atoms with Crippen LogP contribution in [0.5, 0.6) is 0 Å². The summed E-state index contributed by atoms with van der Waals surface area (Å²) in [4.78, 5) is 2.84. The van der Waals surface area contributed by atoms with E-state index in [1.807, 2.05) is 0 Å². The SMILES string of the molecule is CCC1(C)C2=C(C=CCC2)N2C3=C1CCC14CC5=C(C=CC(C(C)(C)C)C5)B(c5cc(-c6c(C)cccc6C)ccc52)C1C34. The molecule has 0 radical (unpaired) electrons. The maximum absolute atomic E-state index is 2.84. The lowest BCUT2D eigenvalue weighted by molar-refractivity contribution is 0.278. The zero-order chi connectivity index (χ0) is 30.3. The van der Waals surface area contributed by atoms with E-state index in [1.165, 1.54) is 78.6 Å². The van der Waals surface area contributed by atoms with Gasteiger partial charge in [0.2, 0.25) is 6.71 Å². The van der Waals surface area contributed by atoms with Gasteiger partial charge in [0.05, 0.1) is 0 Å². The minimum atomic E-state index is 0.196. The van der Waals surface area contributed by atoms with E-state index in [1.54, 1.807) is 33.4 Å². The molecule has 0 N–H and O–H groups in total. The maximum atomic E-state index is 2.84. The molecule has 7 aliphatic rings. The van der Waals surface area contributed by atoms with Crippen molar-refractivity contribution in [1.82, 2.24) is 0 Å². The number of rotatable bonds is 2. The van der Waals surface area contributed by atoms with Crippen molar-refractivity contribution < 1.29 is 0 Å². The first-order chi connectivity index (χ1) is 21.1. The molecule has 1 fully saturated rings. The van der Waals surface area contributed by atoms with Gasteiger partial charge < -0.3 is 4.90 Å². The van der Waals surface area contributed by atoms with E-state index in [4.69, 9.17) is 0 Å². The second-order valence-electron chi connectivity index (χ2n) is 16.7. The number of benzene rings is 2. The molecule has 224 valence electrons. The molecule has 2 heteroatoms. The van der Waals surface area contributed by atoms with Crippen LogP contribution < -0.4 is 10.4 Å². The van der Waals surface area contributed by atoms with Crippen molar-refractivity contribution in [2.45, 2.75) is 99.2 Å². The minimum absolute atomic E-state index is 0.196. The Morgan fingerprint density at radius 1 is 1.00 bits per heavy atom. The molecule has 3 aliphatic heterocycles. The zero-order valence-corrected chi connectivity index (χ0v) is 28.0. The highest BCUT2D eigenvalue weighted by atomic mass is 15.2. The molecule has 1 nitrogen and oxygen atoms in total. The maximum Gasteiger partial charge on any atom is 0.216 e. The van der Waals surface area contributed by atoms with Crippen LogP contribution in [-0.2, 0) is 0 Å². The number of hydrogen-bond donors (Lipinski definition) is 0. The van der Waals surface area contributed by atoms with Gasteiger partial charge in [-0.05, 0) is 132 Å². The van der Waals surface area contributed by atoms with Crippen LogP contribution >= 0.6 is 0 Å². The van der Waals surface area contributed by atoms with E-state index in [0.717, 1.165) is 5.82 Å². The summed E-state index contributed by atoms with van der Waals surface area (Å²) in [5.74, 6) is 2.02. The van der Waals surface area contributed by atoms with Gasteiger partial charge in [0, 0.05) is 28.4 Å². The van der Waals surface area contributed by atoms with Gasteiger partial charge in [0.1, 0.15) is 0 Å². The van der Waals surface area contributed by atoms with Crippen LogP contribution in [0.3, 0.4) is 0 Å². The van der Waals surface area contributed by atoms with E-state index < -0.39 is 0 Å². The normalized spacial score (nSPS) is 32.8. The molecule has 2 aromatic carbocycles. The molecule has 0 saturated heterocycles. The summed E-state index contributed by atoms with van der Waals surface area (Å²) in [6.07, 6.45) is 19.0. The average Bonchev–Trinajstić information content (AvgIpc) is 3.70. The van der Waals surface area contributed by atoms with E-state index in [-0.39, 0.29) is 5.41 Å². The smallest absolute Gasteiger partial charge is 0.216 e. The summed E-state index contributed by atoms with van der Waals surface area (Å²) < 4.78 is 0. The Labute approximate surface area is 266 Å². The first-order valence-electron chi connectivity index (χ1n) is 17.6. The number of fused-ring (bicyclic) bond motifs is 5. The largest absolute Gasteiger partial charge is 0.315 e. The Morgan fingerprint density at radius 2 is 1.80 bits per heavy atom. The first-order valence-corrected chi connectivity index (χ1v) is 17.6. The predicted octanol–water partition coefficient (Wildman–Crippen LogP) is 10.4. The van der Waals surface area contributed by atoms with Gasteiger partial charge in [-0.25, -0.2) is 0 Å². The van der Waals surface area contributed by atoms with Gasteiger partial charge in [-0.3, -0.25) is 0 Å². The third kappa shape index (κ3) is 3.33. The highest BCUT2D eigenvalue weighted by Gasteiger charge is 2.75. The molecule has 1 spiro atoms. The van der Waals surface area contributed by atoms with Crippen LogP contribution in [0.1, 0.15) is 90.7 Å². The highest BCUT2D eigenvalue weighted by Crippen LogP contribution is 2.81. The Hall–Kier alpha value is -3.00. The standard InChI is InChI=1S/C42H48BN/c1-8-41(7)30-14-9-10-15-34(30)44-35-19-16-27(36-25(2)12-11-13-26(36)3)23-33(35)43-32-18-17-29(40(4,5)6)22-28(32)24-42-21-20-31(41)38(44)37(42)39(42)43/h10-13,15-19,23,29,37,39H,8-9,14,20-22,24H2,1-7H3. The van der Waals surface area contributed by atoms with E-state index >= 15 is 0 Å². The number of allylic oxidation sites excluding steroid dienone is 9. The fourth-order valence-electron chi connectivity index (χ4n) is 11.3. The van der Waals surface area contributed by atoms with Crippen molar-refractivity contribution in [2.75, 3.05) is 4.90 Å². The van der Waals surface area contributed by atoms with E-state index in [0.29, 0.717) is 29.4 Å². The van der Waals surface area contributed by atoms with E-state index in [2.05, 4.69) is 114 Å². The molecule has 0 amide bonds. The average molecular weight is 578 g/mol. The van der Waals surface area contributed by atoms with Crippen molar-refractivity contribution in [3.8, 4) is 11.1 Å². The third-order valence-electron chi connectivity index (χ3n) is 13.7. The quantitative estimate of drug-likeness (QED) is 0.321. The number of hydrogen-bond acceptors (Lipinski definition) is 1. The summed E-state index contributed by atoms with van der Waals surface area (Å²) in [5.41, 5.74) is 19.8. The van der Waals surface area contributed by atoms with E-state index in [9.17, 15) is 0 Å². The molecule has 5 unspecified atom stereocenters. The molecule has 3 heterocycles. The Bertz CT molecular complexity index is 1780. The topological polar surface area (TPSA) is 3.24 Å². The zero-order valence-electron chi connectivity index (χ0n) is 28.0. The van der Waals surface area contributed by atoms with Gasteiger partial charge >= 0.3 is 0 Å². The van der Waals surface area contributed by atoms with Crippen molar-refractivity contribution in [2.24, 2.45) is 28.1 Å². The van der Waals surface area contributed by atoms with Gasteiger partial charge in [0.25, 0.3) is 0 Å². The third-order valence-corrected chi connectivity index (χ3v) is 13.7. The molecular weight excluding hydrogens is 529 g/mol. The lowest BCUT2D eigenvalue weighted by atomic mass is 9.31. The molecule has 44 heavy (non-hydrogen) atoms. The van der Waals surface area contributed by atoms with Gasteiger partial charge in [-0.15, -0.1) is 0 Å². The van der Waals surface area contributed by atoms with Crippen LogP contribution in [0.25, 0.3) is 11.1 Å². The molecule has 4 aliphatic carbocycles. The molecular formula is C42H48BN. The van der Waals surface area contributed by atoms with Gasteiger partial charge in [-0.1, -0.05) is 94.2 Å². The highest BCUT2D eigenvalue weighted by molar-refractivity contribution is 6.84. The molecule has 5 atom stereocenters. The van der Waals surface area contributed by atoms with Crippen molar-refractivity contribution in [3.63, 3.8) is 0 Å². The van der Waals surface area contributed by atoms with Crippen LogP contribution in [0.15, 0.2) is 94.3 Å². The Kier molecular flexibility index (Phi) is 5.49. The first kappa shape index (κ1) is 27.3. The second-order valence-corrected chi connectivity index (χ2v) is 16.7. The lowest BCUT2D eigenvalue weighted by Crippen LogP contribution is -2.46. The summed E-state index contributed by atoms with van der Waals surface area (Å²) >= 11 is 0. The summed E-state index contributed by atoms with van der Waals surface area (Å²) in [6.45, 7) is 17.5.